The van der Waals surface area contributed by atoms with Crippen LogP contribution in [0.1, 0.15) is 24.0 Å². The number of nitro groups is 1. The Kier molecular flexibility index (Phi) is 6.33. The van der Waals surface area contributed by atoms with Gasteiger partial charge in [-0.1, -0.05) is 48.5 Å². The topological polar surface area (TPSA) is 87.8 Å². The Labute approximate surface area is 180 Å². The number of carbonyl (C=O) groups excluding carboxylic acids is 1. The van der Waals surface area contributed by atoms with Crippen LogP contribution in [-0.2, 0) is 11.3 Å². The van der Waals surface area contributed by atoms with Crippen LogP contribution in [0.4, 0.5) is 5.69 Å². The highest BCUT2D eigenvalue weighted by Gasteiger charge is 2.24. The van der Waals surface area contributed by atoms with Crippen LogP contribution in [0.3, 0.4) is 0 Å². The molecule has 1 aliphatic rings. The molecule has 1 aliphatic heterocycles. The maximum Gasteiger partial charge on any atom is 0.269 e. The lowest BCUT2D eigenvalue weighted by Crippen LogP contribution is -2.39. The molecule has 1 amide bonds. The number of non-ortho nitro benzene ring substituents is 1. The first-order valence-electron chi connectivity index (χ1n) is 10.4. The largest absolute Gasteiger partial charge is 0.299 e. The summed E-state index contributed by atoms with van der Waals surface area (Å²) < 4.78 is 0. The van der Waals surface area contributed by atoms with Gasteiger partial charge >= 0.3 is 0 Å². The van der Waals surface area contributed by atoms with Gasteiger partial charge < -0.3 is 0 Å². The summed E-state index contributed by atoms with van der Waals surface area (Å²) in [4.78, 5) is 25.1. The van der Waals surface area contributed by atoms with Crippen LogP contribution in [0.5, 0.6) is 0 Å². The fourth-order valence-electron chi connectivity index (χ4n) is 3.88. The highest BCUT2D eigenvalue weighted by molar-refractivity contribution is 5.91. The van der Waals surface area contributed by atoms with Crippen molar-refractivity contribution in [2.45, 2.75) is 19.4 Å². The number of carbonyl (C=O) groups is 1. The summed E-state index contributed by atoms with van der Waals surface area (Å²) in [5.41, 5.74) is 4.76. The van der Waals surface area contributed by atoms with Gasteiger partial charge in [-0.3, -0.25) is 19.8 Å². The fourth-order valence-corrected chi connectivity index (χ4v) is 3.88. The summed E-state index contributed by atoms with van der Waals surface area (Å²) in [6.45, 7) is 2.35. The van der Waals surface area contributed by atoms with Gasteiger partial charge in [-0.25, -0.2) is 5.43 Å². The molecule has 3 aromatic carbocycles. The molecule has 1 saturated heterocycles. The van der Waals surface area contributed by atoms with E-state index in [-0.39, 0.29) is 17.5 Å². The quantitative estimate of drug-likeness (QED) is 0.372. The minimum absolute atomic E-state index is 0.0491. The van der Waals surface area contributed by atoms with Crippen LogP contribution in [0.15, 0.2) is 71.8 Å². The number of benzene rings is 3. The summed E-state index contributed by atoms with van der Waals surface area (Å²) in [5.74, 6) is -0.103. The molecule has 7 nitrogen and oxygen atoms in total. The van der Waals surface area contributed by atoms with E-state index in [2.05, 4.69) is 27.6 Å². The van der Waals surface area contributed by atoms with Gasteiger partial charge in [0.15, 0.2) is 0 Å². The minimum Gasteiger partial charge on any atom is -0.299 e. The van der Waals surface area contributed by atoms with Crippen molar-refractivity contribution in [2.24, 2.45) is 11.0 Å². The molecule has 0 saturated carbocycles. The molecule has 1 heterocycles. The molecular formula is C24H24N4O3. The van der Waals surface area contributed by atoms with Gasteiger partial charge in [0.25, 0.3) is 5.69 Å². The number of hydrogen-bond donors (Lipinski definition) is 1. The Morgan fingerprint density at radius 1 is 1.06 bits per heavy atom. The third-order valence-electron chi connectivity index (χ3n) is 5.67. The lowest BCUT2D eigenvalue weighted by molar-refractivity contribution is -0.384. The number of nitrogens with one attached hydrogen (secondary N) is 1. The summed E-state index contributed by atoms with van der Waals surface area (Å²) in [7, 11) is 0. The zero-order valence-corrected chi connectivity index (χ0v) is 17.1. The van der Waals surface area contributed by atoms with Gasteiger partial charge in [-0.15, -0.1) is 0 Å². The molecule has 0 unspecified atom stereocenters. The smallest absolute Gasteiger partial charge is 0.269 e. The number of piperidine rings is 1. The number of nitro benzene ring substituents is 1. The second-order valence-corrected chi connectivity index (χ2v) is 7.81. The average Bonchev–Trinajstić information content (AvgIpc) is 2.80. The van der Waals surface area contributed by atoms with Crippen LogP contribution < -0.4 is 5.43 Å². The van der Waals surface area contributed by atoms with Gasteiger partial charge in [0.05, 0.1) is 11.1 Å². The first kappa shape index (κ1) is 20.7. The van der Waals surface area contributed by atoms with Crippen LogP contribution in [0.25, 0.3) is 10.8 Å². The zero-order chi connectivity index (χ0) is 21.6. The van der Waals surface area contributed by atoms with Crippen LogP contribution in [0, 0.1) is 16.0 Å². The first-order chi connectivity index (χ1) is 15.1. The average molecular weight is 416 g/mol. The highest BCUT2D eigenvalue weighted by Crippen LogP contribution is 2.20. The second kappa shape index (κ2) is 9.49. The summed E-state index contributed by atoms with van der Waals surface area (Å²) in [5, 5.41) is 17.2. The molecule has 31 heavy (non-hydrogen) atoms. The SMILES string of the molecule is O=C(N/N=C/c1ccc2ccccc2c1)C1CCN(Cc2ccc([N+](=O)[O-])cc2)CC1. The Hall–Kier alpha value is -3.58. The number of likely N-dealkylation sites (tertiary alicyclic amines) is 1. The lowest BCUT2D eigenvalue weighted by atomic mass is 9.96. The highest BCUT2D eigenvalue weighted by atomic mass is 16.6. The zero-order valence-electron chi connectivity index (χ0n) is 17.1. The van der Waals surface area contributed by atoms with E-state index in [1.807, 2.05) is 30.3 Å². The van der Waals surface area contributed by atoms with E-state index in [1.165, 1.54) is 17.5 Å². The molecule has 0 bridgehead atoms. The van der Waals surface area contributed by atoms with Crippen molar-refractivity contribution in [2.75, 3.05) is 13.1 Å². The lowest BCUT2D eigenvalue weighted by Gasteiger charge is -2.30. The van der Waals surface area contributed by atoms with Gasteiger partial charge in [0.1, 0.15) is 0 Å². The van der Waals surface area contributed by atoms with Crippen molar-refractivity contribution >= 4 is 28.6 Å². The molecule has 4 rings (SSSR count). The number of amides is 1. The Morgan fingerprint density at radius 3 is 2.48 bits per heavy atom. The number of hydrazone groups is 1. The van der Waals surface area contributed by atoms with Crippen molar-refractivity contribution in [1.29, 1.82) is 0 Å². The minimum atomic E-state index is -0.393. The monoisotopic (exact) mass is 416 g/mol. The molecule has 3 aromatic rings. The molecule has 0 radical (unpaired) electrons. The number of rotatable bonds is 6. The van der Waals surface area contributed by atoms with E-state index in [4.69, 9.17) is 0 Å². The van der Waals surface area contributed by atoms with E-state index in [0.29, 0.717) is 0 Å². The normalized spacial score (nSPS) is 15.4. The van der Waals surface area contributed by atoms with E-state index >= 15 is 0 Å². The molecule has 7 heteroatoms. The van der Waals surface area contributed by atoms with Crippen molar-refractivity contribution in [3.8, 4) is 0 Å². The molecule has 0 aromatic heterocycles. The number of hydrogen-bond acceptors (Lipinski definition) is 5. The maximum absolute atomic E-state index is 12.5. The third-order valence-corrected chi connectivity index (χ3v) is 5.67. The predicted molar refractivity (Wildman–Crippen MR) is 121 cm³/mol. The predicted octanol–water partition coefficient (Wildman–Crippen LogP) is 4.11. The summed E-state index contributed by atoms with van der Waals surface area (Å²) >= 11 is 0. The van der Waals surface area contributed by atoms with Crippen molar-refractivity contribution < 1.29 is 9.72 Å². The van der Waals surface area contributed by atoms with Crippen molar-refractivity contribution in [1.82, 2.24) is 10.3 Å². The van der Waals surface area contributed by atoms with E-state index in [1.54, 1.807) is 18.3 Å². The second-order valence-electron chi connectivity index (χ2n) is 7.81. The van der Waals surface area contributed by atoms with E-state index < -0.39 is 4.92 Å². The van der Waals surface area contributed by atoms with E-state index in [0.717, 1.165) is 49.0 Å². The van der Waals surface area contributed by atoms with Gasteiger partial charge in [0, 0.05) is 24.6 Å². The molecule has 0 aliphatic carbocycles. The maximum atomic E-state index is 12.5. The van der Waals surface area contributed by atoms with Crippen molar-refractivity contribution in [3.63, 3.8) is 0 Å². The molecule has 0 atom stereocenters. The van der Waals surface area contributed by atoms with Crippen LogP contribution in [-0.4, -0.2) is 35.0 Å². The number of nitrogens with zero attached hydrogens (tertiary/aromatic N) is 3. The fraction of sp³-hybridized carbons (Fsp3) is 0.250. The molecule has 1 N–H and O–H groups in total. The Balaban J connectivity index is 1.25. The first-order valence-corrected chi connectivity index (χ1v) is 10.4. The van der Waals surface area contributed by atoms with Crippen LogP contribution in [0.2, 0.25) is 0 Å². The Morgan fingerprint density at radius 2 is 1.77 bits per heavy atom. The molecule has 1 fully saturated rings. The van der Waals surface area contributed by atoms with Gasteiger partial charge in [-0.2, -0.15) is 5.10 Å². The number of fused-ring (bicyclic) bond motifs is 1. The molecular weight excluding hydrogens is 392 g/mol. The third kappa shape index (κ3) is 5.32. The van der Waals surface area contributed by atoms with Crippen LogP contribution >= 0.6 is 0 Å². The Bertz CT molecular complexity index is 1100. The van der Waals surface area contributed by atoms with Gasteiger partial charge in [0.2, 0.25) is 5.91 Å². The molecule has 158 valence electrons. The standard InChI is InChI=1S/C24H24N4O3/c29-24(26-25-16-19-5-8-20-3-1-2-4-22(20)15-19)21-11-13-27(14-12-21)17-18-6-9-23(10-7-18)28(30)31/h1-10,15-16,21H,11-14,17H2,(H,26,29)/b25-16+. The van der Waals surface area contributed by atoms with E-state index in [9.17, 15) is 14.9 Å². The van der Waals surface area contributed by atoms with Crippen molar-refractivity contribution in [3.05, 3.63) is 88.0 Å². The molecule has 0 spiro atoms. The summed E-state index contributed by atoms with van der Waals surface area (Å²) in [6.07, 6.45) is 3.21. The van der Waals surface area contributed by atoms with Gasteiger partial charge in [-0.05, 0) is 53.9 Å². The summed E-state index contributed by atoms with van der Waals surface area (Å²) in [6, 6.07) is 20.8.